The number of H-pyrrole nitrogens is 1. The Morgan fingerprint density at radius 2 is 2.19 bits per heavy atom. The molecular formula is C17H20N4O4S. The van der Waals surface area contributed by atoms with Crippen molar-refractivity contribution in [1.82, 2.24) is 19.8 Å². The van der Waals surface area contributed by atoms with Crippen LogP contribution in [0.4, 0.5) is 4.79 Å². The first-order chi connectivity index (χ1) is 12.6. The van der Waals surface area contributed by atoms with Crippen LogP contribution in [0.15, 0.2) is 29.1 Å². The van der Waals surface area contributed by atoms with E-state index in [1.165, 1.54) is 16.7 Å². The number of hydrogen-bond donors (Lipinski definition) is 1. The van der Waals surface area contributed by atoms with Crippen LogP contribution in [0.3, 0.4) is 0 Å². The average Bonchev–Trinajstić information content (AvgIpc) is 3.03. The molecule has 0 atom stereocenters. The molecule has 1 aromatic heterocycles. The Kier molecular flexibility index (Phi) is 5.89. The number of hydrogen-bond acceptors (Lipinski definition) is 6. The molecule has 26 heavy (non-hydrogen) atoms. The third kappa shape index (κ3) is 4.23. The van der Waals surface area contributed by atoms with Crippen molar-refractivity contribution in [3.8, 4) is 0 Å². The van der Waals surface area contributed by atoms with E-state index in [9.17, 15) is 14.4 Å². The lowest BCUT2D eigenvalue weighted by molar-refractivity contribution is -0.133. The standard InChI is InChI=1S/C17H20N4O4S/c1-25-8-6-20(15(22)11-21-7-9-26-17(21)24)10-14-18-13-5-3-2-4-12(13)16(23)19-14/h2-5H,6-11H2,1H3,(H,18,19,23). The van der Waals surface area contributed by atoms with E-state index in [-0.39, 0.29) is 29.8 Å². The second-order valence-corrected chi connectivity index (χ2v) is 6.92. The maximum absolute atomic E-state index is 12.7. The minimum atomic E-state index is -0.240. The van der Waals surface area contributed by atoms with E-state index >= 15 is 0 Å². The molecule has 0 spiro atoms. The molecule has 0 radical (unpaired) electrons. The van der Waals surface area contributed by atoms with Gasteiger partial charge in [0.15, 0.2) is 0 Å². The third-order valence-electron chi connectivity index (χ3n) is 4.09. The highest BCUT2D eigenvalue weighted by molar-refractivity contribution is 8.13. The molecule has 8 nitrogen and oxygen atoms in total. The Balaban J connectivity index is 1.78. The first-order valence-electron chi connectivity index (χ1n) is 8.25. The molecule has 1 aliphatic rings. The lowest BCUT2D eigenvalue weighted by Gasteiger charge is -2.24. The second-order valence-electron chi connectivity index (χ2n) is 5.87. The summed E-state index contributed by atoms with van der Waals surface area (Å²) in [7, 11) is 1.56. The Bertz CT molecular complexity index is 869. The van der Waals surface area contributed by atoms with Crippen LogP contribution in [0.5, 0.6) is 0 Å². The smallest absolute Gasteiger partial charge is 0.282 e. The van der Waals surface area contributed by atoms with Gasteiger partial charge < -0.3 is 19.5 Å². The summed E-state index contributed by atoms with van der Waals surface area (Å²) in [5.41, 5.74) is 0.340. The first kappa shape index (κ1) is 18.4. The fourth-order valence-corrected chi connectivity index (χ4v) is 3.54. The molecular weight excluding hydrogens is 356 g/mol. The van der Waals surface area contributed by atoms with E-state index in [4.69, 9.17) is 4.74 Å². The van der Waals surface area contributed by atoms with E-state index < -0.39 is 0 Å². The summed E-state index contributed by atoms with van der Waals surface area (Å²) in [6.45, 7) is 1.44. The van der Waals surface area contributed by atoms with Crippen LogP contribution in [0.25, 0.3) is 10.9 Å². The Labute approximate surface area is 154 Å². The van der Waals surface area contributed by atoms with Crippen molar-refractivity contribution in [2.24, 2.45) is 0 Å². The number of nitrogens with zero attached hydrogens (tertiary/aromatic N) is 3. The molecule has 1 fully saturated rings. The van der Waals surface area contributed by atoms with E-state index in [1.54, 1.807) is 30.2 Å². The summed E-state index contributed by atoms with van der Waals surface area (Å²) in [6, 6.07) is 7.05. The highest BCUT2D eigenvalue weighted by atomic mass is 32.2. The monoisotopic (exact) mass is 376 g/mol. The number of methoxy groups -OCH3 is 1. The fourth-order valence-electron chi connectivity index (χ4n) is 2.72. The van der Waals surface area contributed by atoms with Gasteiger partial charge in [-0.3, -0.25) is 14.4 Å². The molecule has 3 rings (SSSR count). The molecule has 0 bridgehead atoms. The second kappa shape index (κ2) is 8.33. The van der Waals surface area contributed by atoms with Crippen LogP contribution in [0.2, 0.25) is 0 Å². The highest BCUT2D eigenvalue weighted by Gasteiger charge is 2.26. The van der Waals surface area contributed by atoms with Crippen molar-refractivity contribution in [3.05, 3.63) is 40.4 Å². The van der Waals surface area contributed by atoms with Crippen molar-refractivity contribution < 1.29 is 14.3 Å². The maximum Gasteiger partial charge on any atom is 0.282 e. The molecule has 2 aromatic rings. The van der Waals surface area contributed by atoms with Gasteiger partial charge in [-0.15, -0.1) is 0 Å². The van der Waals surface area contributed by atoms with Gasteiger partial charge in [0.2, 0.25) is 5.91 Å². The van der Waals surface area contributed by atoms with Gasteiger partial charge in [0.25, 0.3) is 10.8 Å². The Morgan fingerprint density at radius 3 is 2.92 bits per heavy atom. The first-order valence-corrected chi connectivity index (χ1v) is 9.23. The molecule has 2 heterocycles. The normalized spacial score (nSPS) is 14.2. The van der Waals surface area contributed by atoms with Gasteiger partial charge in [0.1, 0.15) is 12.4 Å². The lowest BCUT2D eigenvalue weighted by Crippen LogP contribution is -2.42. The molecule has 1 aromatic carbocycles. The molecule has 9 heteroatoms. The summed E-state index contributed by atoms with van der Waals surface area (Å²) in [5.74, 6) is 0.901. The number of para-hydroxylation sites is 1. The number of aromatic nitrogens is 2. The molecule has 0 unspecified atom stereocenters. The Hall–Kier alpha value is -2.39. The van der Waals surface area contributed by atoms with Crippen molar-refractivity contribution in [2.75, 3.05) is 39.1 Å². The summed E-state index contributed by atoms with van der Waals surface area (Å²) >= 11 is 1.22. The lowest BCUT2D eigenvalue weighted by atomic mass is 10.2. The van der Waals surface area contributed by atoms with Gasteiger partial charge in [-0.25, -0.2) is 4.98 Å². The number of nitrogens with one attached hydrogen (secondary N) is 1. The highest BCUT2D eigenvalue weighted by Crippen LogP contribution is 2.17. The van der Waals surface area contributed by atoms with Gasteiger partial charge in [0, 0.05) is 26.0 Å². The van der Waals surface area contributed by atoms with Crippen molar-refractivity contribution >= 4 is 33.8 Å². The number of carbonyl (C=O) groups excluding carboxylic acids is 2. The van der Waals surface area contributed by atoms with Gasteiger partial charge in [-0.1, -0.05) is 23.9 Å². The number of thioether (sulfide) groups is 1. The van der Waals surface area contributed by atoms with E-state index in [2.05, 4.69) is 9.97 Å². The van der Waals surface area contributed by atoms with Crippen LogP contribution in [0, 0.1) is 0 Å². The maximum atomic E-state index is 12.7. The van der Waals surface area contributed by atoms with Gasteiger partial charge in [-0.2, -0.15) is 0 Å². The number of aromatic amines is 1. The van der Waals surface area contributed by atoms with Crippen LogP contribution >= 0.6 is 11.8 Å². The summed E-state index contributed by atoms with van der Waals surface area (Å²) in [5, 5.41) is 0.424. The van der Waals surface area contributed by atoms with Crippen molar-refractivity contribution in [3.63, 3.8) is 0 Å². The zero-order valence-electron chi connectivity index (χ0n) is 14.4. The minimum Gasteiger partial charge on any atom is -0.383 e. The third-order valence-corrected chi connectivity index (χ3v) is 4.98. The molecule has 1 aliphatic heterocycles. The topological polar surface area (TPSA) is 95.6 Å². The zero-order chi connectivity index (χ0) is 18.5. The van der Waals surface area contributed by atoms with Crippen LogP contribution in [-0.4, -0.2) is 70.0 Å². The number of benzene rings is 1. The number of carbonyl (C=O) groups is 2. The summed E-state index contributed by atoms with van der Waals surface area (Å²) in [6.07, 6.45) is 0. The number of rotatable bonds is 7. The zero-order valence-corrected chi connectivity index (χ0v) is 15.3. The van der Waals surface area contributed by atoms with Gasteiger partial charge >= 0.3 is 0 Å². The molecule has 1 saturated heterocycles. The van der Waals surface area contributed by atoms with Crippen LogP contribution < -0.4 is 5.56 Å². The SMILES string of the molecule is COCCN(Cc1nc2ccccc2c(=O)[nH]1)C(=O)CN1CCSC1=O. The van der Waals surface area contributed by atoms with Crippen molar-refractivity contribution in [1.29, 1.82) is 0 Å². The minimum absolute atomic E-state index is 0.0212. The largest absolute Gasteiger partial charge is 0.383 e. The van der Waals surface area contributed by atoms with E-state index in [0.717, 1.165) is 0 Å². The predicted octanol–water partition coefficient (Wildman–Crippen LogP) is 1.07. The molecule has 0 aliphatic carbocycles. The van der Waals surface area contributed by atoms with Crippen LogP contribution in [0.1, 0.15) is 5.82 Å². The average molecular weight is 376 g/mol. The van der Waals surface area contributed by atoms with E-state index in [0.29, 0.717) is 42.2 Å². The van der Waals surface area contributed by atoms with Gasteiger partial charge in [0.05, 0.1) is 24.1 Å². The quantitative estimate of drug-likeness (QED) is 0.777. The van der Waals surface area contributed by atoms with Crippen LogP contribution in [-0.2, 0) is 16.1 Å². The van der Waals surface area contributed by atoms with Gasteiger partial charge in [-0.05, 0) is 12.1 Å². The fraction of sp³-hybridized carbons (Fsp3) is 0.412. The number of amides is 2. The number of fused-ring (bicyclic) bond motifs is 1. The molecule has 2 amide bonds. The van der Waals surface area contributed by atoms with E-state index in [1.807, 2.05) is 6.07 Å². The molecule has 1 N–H and O–H groups in total. The summed E-state index contributed by atoms with van der Waals surface area (Å²) in [4.78, 5) is 46.8. The molecule has 138 valence electrons. The van der Waals surface area contributed by atoms with Crippen molar-refractivity contribution in [2.45, 2.75) is 6.54 Å². The predicted molar refractivity (Wildman–Crippen MR) is 99.1 cm³/mol. The number of ether oxygens (including phenoxy) is 1. The Morgan fingerprint density at radius 1 is 1.38 bits per heavy atom. The molecule has 0 saturated carbocycles. The summed E-state index contributed by atoms with van der Waals surface area (Å²) < 4.78 is 5.07.